The molecule has 0 spiro atoms. The number of sulfone groups is 1. The lowest BCUT2D eigenvalue weighted by Gasteiger charge is -2.19. The van der Waals surface area contributed by atoms with Gasteiger partial charge in [-0.1, -0.05) is 41.9 Å². The highest BCUT2D eigenvalue weighted by atomic mass is 35.5. The second-order valence-corrected chi connectivity index (χ2v) is 7.86. The van der Waals surface area contributed by atoms with E-state index in [0.717, 1.165) is 11.1 Å². The smallest absolute Gasteiger partial charge is 0.179 e. The first kappa shape index (κ1) is 14.6. The fraction of sp³-hybridized carbons (Fsp3) is 0.250. The Morgan fingerprint density at radius 3 is 2.71 bits per heavy atom. The molecule has 21 heavy (non-hydrogen) atoms. The van der Waals surface area contributed by atoms with Crippen molar-refractivity contribution >= 4 is 21.4 Å². The third-order valence-corrected chi connectivity index (χ3v) is 6.00. The zero-order chi connectivity index (χ0) is 15.0. The summed E-state index contributed by atoms with van der Waals surface area (Å²) in [6.07, 6.45) is 0.606. The van der Waals surface area contributed by atoms with Crippen LogP contribution in [0.15, 0.2) is 53.4 Å². The highest BCUT2D eigenvalue weighted by Gasteiger charge is 2.37. The molecule has 1 heterocycles. The minimum absolute atomic E-state index is 0.0913. The number of benzene rings is 2. The third kappa shape index (κ3) is 2.84. The minimum atomic E-state index is -3.21. The van der Waals surface area contributed by atoms with Gasteiger partial charge < -0.3 is 5.73 Å². The van der Waals surface area contributed by atoms with Crippen LogP contribution in [0.3, 0.4) is 0 Å². The maximum absolute atomic E-state index is 12.2. The SMILES string of the molecule is NC(Cc1cccc(Cl)c1)C1CS(=O)(=O)c2ccccc21. The lowest BCUT2D eigenvalue weighted by Crippen LogP contribution is -2.31. The standard InChI is InChI=1S/C16H16ClNO2S/c17-12-5-3-4-11(8-12)9-15(18)14-10-21(19,20)16-7-2-1-6-13(14)16/h1-8,14-15H,9-10,18H2. The summed E-state index contributed by atoms with van der Waals surface area (Å²) >= 11 is 5.98. The van der Waals surface area contributed by atoms with Crippen LogP contribution in [-0.4, -0.2) is 20.2 Å². The maximum Gasteiger partial charge on any atom is 0.179 e. The van der Waals surface area contributed by atoms with Gasteiger partial charge in [0.05, 0.1) is 10.6 Å². The van der Waals surface area contributed by atoms with Gasteiger partial charge in [0.1, 0.15) is 0 Å². The van der Waals surface area contributed by atoms with Gasteiger partial charge in [-0.15, -0.1) is 0 Å². The number of halogens is 1. The van der Waals surface area contributed by atoms with Gasteiger partial charge in [-0.2, -0.15) is 0 Å². The van der Waals surface area contributed by atoms with Crippen LogP contribution in [0.1, 0.15) is 17.0 Å². The monoisotopic (exact) mass is 321 g/mol. The Morgan fingerprint density at radius 1 is 1.19 bits per heavy atom. The molecule has 0 fully saturated rings. The van der Waals surface area contributed by atoms with Crippen molar-refractivity contribution in [2.45, 2.75) is 23.3 Å². The Bertz CT molecular complexity index is 773. The Morgan fingerprint density at radius 2 is 1.95 bits per heavy atom. The van der Waals surface area contributed by atoms with E-state index in [2.05, 4.69) is 0 Å². The minimum Gasteiger partial charge on any atom is -0.327 e. The highest BCUT2D eigenvalue weighted by molar-refractivity contribution is 7.91. The molecule has 110 valence electrons. The van der Waals surface area contributed by atoms with Gasteiger partial charge in [0.2, 0.25) is 0 Å². The summed E-state index contributed by atoms with van der Waals surface area (Å²) in [5, 5.41) is 0.666. The first-order valence-electron chi connectivity index (χ1n) is 6.79. The molecule has 0 bridgehead atoms. The van der Waals surface area contributed by atoms with Crippen molar-refractivity contribution < 1.29 is 8.42 Å². The average Bonchev–Trinajstić information content (AvgIpc) is 2.72. The molecule has 2 atom stereocenters. The van der Waals surface area contributed by atoms with E-state index in [0.29, 0.717) is 16.3 Å². The summed E-state index contributed by atoms with van der Waals surface area (Å²) in [7, 11) is -3.21. The van der Waals surface area contributed by atoms with Crippen LogP contribution in [-0.2, 0) is 16.3 Å². The van der Waals surface area contributed by atoms with E-state index >= 15 is 0 Å². The van der Waals surface area contributed by atoms with E-state index < -0.39 is 9.84 Å². The van der Waals surface area contributed by atoms with Crippen molar-refractivity contribution in [3.8, 4) is 0 Å². The van der Waals surface area contributed by atoms with E-state index in [-0.39, 0.29) is 17.7 Å². The Balaban J connectivity index is 1.88. The largest absolute Gasteiger partial charge is 0.327 e. The summed E-state index contributed by atoms with van der Waals surface area (Å²) in [6.45, 7) is 0. The quantitative estimate of drug-likeness (QED) is 0.945. The zero-order valence-corrected chi connectivity index (χ0v) is 12.9. The molecule has 2 unspecified atom stereocenters. The van der Waals surface area contributed by atoms with Crippen molar-refractivity contribution in [3.05, 3.63) is 64.7 Å². The van der Waals surface area contributed by atoms with E-state index in [9.17, 15) is 8.42 Å². The molecule has 0 aromatic heterocycles. The molecule has 1 aliphatic heterocycles. The van der Waals surface area contributed by atoms with E-state index in [1.165, 1.54) is 0 Å². The van der Waals surface area contributed by atoms with Crippen LogP contribution >= 0.6 is 11.6 Å². The molecule has 0 amide bonds. The van der Waals surface area contributed by atoms with Gasteiger partial charge in [0.25, 0.3) is 0 Å². The molecule has 1 aliphatic rings. The molecule has 5 heteroatoms. The predicted octanol–water partition coefficient (Wildman–Crippen LogP) is 2.78. The van der Waals surface area contributed by atoms with Gasteiger partial charge in [-0.05, 0) is 35.7 Å². The van der Waals surface area contributed by atoms with Crippen molar-refractivity contribution in [1.29, 1.82) is 0 Å². The van der Waals surface area contributed by atoms with Crippen molar-refractivity contribution in [2.24, 2.45) is 5.73 Å². The summed E-state index contributed by atoms with van der Waals surface area (Å²) in [5.41, 5.74) is 8.15. The molecule has 3 rings (SSSR count). The number of hydrogen-bond acceptors (Lipinski definition) is 3. The molecular formula is C16H16ClNO2S. The van der Waals surface area contributed by atoms with Crippen molar-refractivity contribution in [3.63, 3.8) is 0 Å². The number of rotatable bonds is 3. The molecule has 2 aromatic rings. The van der Waals surface area contributed by atoms with Crippen LogP contribution in [0.25, 0.3) is 0 Å². The number of hydrogen-bond donors (Lipinski definition) is 1. The van der Waals surface area contributed by atoms with Gasteiger partial charge in [-0.3, -0.25) is 0 Å². The first-order chi connectivity index (χ1) is 9.97. The second kappa shape index (κ2) is 5.44. The number of fused-ring (bicyclic) bond motifs is 1. The Hall–Kier alpha value is -1.36. The van der Waals surface area contributed by atoms with Gasteiger partial charge >= 0.3 is 0 Å². The van der Waals surface area contributed by atoms with Crippen LogP contribution in [0.4, 0.5) is 0 Å². The average molecular weight is 322 g/mol. The maximum atomic E-state index is 12.2. The van der Waals surface area contributed by atoms with Crippen LogP contribution in [0.5, 0.6) is 0 Å². The fourth-order valence-electron chi connectivity index (χ4n) is 2.92. The molecule has 3 nitrogen and oxygen atoms in total. The topological polar surface area (TPSA) is 60.2 Å². The summed E-state index contributed by atoms with van der Waals surface area (Å²) in [5.74, 6) is -0.0705. The van der Waals surface area contributed by atoms with Crippen molar-refractivity contribution in [1.82, 2.24) is 0 Å². The first-order valence-corrected chi connectivity index (χ1v) is 8.82. The summed E-state index contributed by atoms with van der Waals surface area (Å²) in [4.78, 5) is 0.427. The fourth-order valence-corrected chi connectivity index (χ4v) is 5.08. The van der Waals surface area contributed by atoms with Gasteiger partial charge in [0.15, 0.2) is 9.84 Å². The van der Waals surface area contributed by atoms with Crippen LogP contribution in [0.2, 0.25) is 5.02 Å². The van der Waals surface area contributed by atoms with E-state index in [1.807, 2.05) is 36.4 Å². The molecule has 0 saturated heterocycles. The molecule has 0 aliphatic carbocycles. The molecule has 2 aromatic carbocycles. The molecule has 0 radical (unpaired) electrons. The lowest BCUT2D eigenvalue weighted by atomic mass is 9.90. The van der Waals surface area contributed by atoms with Gasteiger partial charge in [0, 0.05) is 17.0 Å². The Labute approximate surface area is 129 Å². The predicted molar refractivity (Wildman–Crippen MR) is 84.4 cm³/mol. The van der Waals surface area contributed by atoms with E-state index in [4.69, 9.17) is 17.3 Å². The summed E-state index contributed by atoms with van der Waals surface area (Å²) in [6, 6.07) is 14.4. The third-order valence-electron chi connectivity index (χ3n) is 3.93. The highest BCUT2D eigenvalue weighted by Crippen LogP contribution is 2.37. The Kier molecular flexibility index (Phi) is 3.78. The normalized spacial score (nSPS) is 21.0. The molecular weight excluding hydrogens is 306 g/mol. The molecule has 0 saturated carbocycles. The number of nitrogens with two attached hydrogens (primary N) is 1. The van der Waals surface area contributed by atoms with Gasteiger partial charge in [-0.25, -0.2) is 8.42 Å². The zero-order valence-electron chi connectivity index (χ0n) is 11.4. The second-order valence-electron chi connectivity index (χ2n) is 5.42. The van der Waals surface area contributed by atoms with Crippen LogP contribution < -0.4 is 5.73 Å². The lowest BCUT2D eigenvalue weighted by molar-refractivity contribution is 0.559. The van der Waals surface area contributed by atoms with Crippen molar-refractivity contribution in [2.75, 3.05) is 5.75 Å². The van der Waals surface area contributed by atoms with Crippen LogP contribution in [0, 0.1) is 0 Å². The molecule has 2 N–H and O–H groups in total. The van der Waals surface area contributed by atoms with E-state index in [1.54, 1.807) is 12.1 Å². The summed E-state index contributed by atoms with van der Waals surface area (Å²) < 4.78 is 24.4.